The number of nitrogens with zero attached hydrogens (tertiary/aromatic N) is 4. The van der Waals surface area contributed by atoms with Gasteiger partial charge in [0.05, 0.1) is 8.28 Å². The number of aromatic nitrogens is 4. The Kier molecular flexibility index (Phi) is 4.44. The summed E-state index contributed by atoms with van der Waals surface area (Å²) in [7, 11) is 1.21. The van der Waals surface area contributed by atoms with Crippen molar-refractivity contribution in [2.75, 3.05) is 0 Å². The second kappa shape index (κ2) is 8.57. The Labute approximate surface area is 188 Å². The molecule has 0 unspecified atom stereocenters. The van der Waals surface area contributed by atoms with Gasteiger partial charge in [-0.15, -0.1) is 10.2 Å². The third-order valence-electron chi connectivity index (χ3n) is 4.25. The average Bonchev–Trinajstić information content (AvgIpc) is 3.28. The van der Waals surface area contributed by atoms with Gasteiger partial charge in [0, 0.05) is 24.5 Å². The smallest absolute Gasteiger partial charge is 0.309 e. The van der Waals surface area contributed by atoms with Gasteiger partial charge in [-0.1, -0.05) is 12.1 Å². The molecule has 0 bridgehead atoms. The summed E-state index contributed by atoms with van der Waals surface area (Å²) in [4.78, 5) is 42.1. The number of nitrogens with one attached hydrogen (secondary N) is 2. The molecule has 3 rings (SSSR count). The lowest BCUT2D eigenvalue weighted by atomic mass is 10.0. The summed E-state index contributed by atoms with van der Waals surface area (Å²) >= 11 is 0. The van der Waals surface area contributed by atoms with Crippen molar-refractivity contribution < 1.29 is 30.4 Å². The molecule has 3 N–H and O–H groups in total. The summed E-state index contributed by atoms with van der Waals surface area (Å²) < 4.78 is 56.9. The van der Waals surface area contributed by atoms with E-state index < -0.39 is 65.3 Å². The molecule has 0 spiro atoms. The lowest BCUT2D eigenvalue weighted by Crippen LogP contribution is -2.46. The topological polar surface area (TPSA) is 152 Å². The number of rotatable bonds is 6. The highest BCUT2D eigenvalue weighted by atomic mass is 19.1. The molecule has 32 heavy (non-hydrogen) atoms. The van der Waals surface area contributed by atoms with Crippen LogP contribution in [0, 0.1) is 12.7 Å². The molecular formula is C20H21FN6O5. The van der Waals surface area contributed by atoms with Crippen LogP contribution in [0.2, 0.25) is 0 Å². The van der Waals surface area contributed by atoms with Gasteiger partial charge in [-0.3, -0.25) is 19.0 Å². The number of amides is 2. The fourth-order valence-electron chi connectivity index (χ4n) is 2.74. The lowest BCUT2D eigenvalue weighted by molar-refractivity contribution is 0.0869. The van der Waals surface area contributed by atoms with Gasteiger partial charge in [-0.05, 0) is 31.5 Å². The minimum atomic E-state index is -2.75. The molecule has 0 fully saturated rings. The van der Waals surface area contributed by atoms with Gasteiger partial charge in [-0.2, -0.15) is 0 Å². The molecule has 168 valence electrons. The predicted octanol–water partition coefficient (Wildman–Crippen LogP) is 0.912. The second-order valence-corrected chi connectivity index (χ2v) is 7.07. The van der Waals surface area contributed by atoms with Gasteiger partial charge in [0.15, 0.2) is 5.69 Å². The Morgan fingerprint density at radius 1 is 1.28 bits per heavy atom. The zero-order chi connectivity index (χ0) is 27.9. The quantitative estimate of drug-likeness (QED) is 0.502. The first kappa shape index (κ1) is 16.6. The van der Waals surface area contributed by atoms with Crippen LogP contribution in [0.3, 0.4) is 0 Å². The molecule has 11 nitrogen and oxygen atoms in total. The summed E-state index contributed by atoms with van der Waals surface area (Å²) in [5.41, 5.74) is -3.58. The fraction of sp³-hybridized carbons (Fsp3) is 0.300. The first-order chi connectivity index (χ1) is 16.9. The fourth-order valence-corrected chi connectivity index (χ4v) is 2.74. The molecule has 0 saturated heterocycles. The summed E-state index contributed by atoms with van der Waals surface area (Å²) in [5, 5.41) is 21.4. The minimum absolute atomic E-state index is 0.116. The van der Waals surface area contributed by atoms with Crippen LogP contribution in [-0.4, -0.2) is 36.7 Å². The molecular weight excluding hydrogens is 423 g/mol. The predicted molar refractivity (Wildman–Crippen MR) is 108 cm³/mol. The van der Waals surface area contributed by atoms with Crippen LogP contribution in [0.25, 0.3) is 0 Å². The Balaban J connectivity index is 1.94. The third kappa shape index (κ3) is 4.63. The highest BCUT2D eigenvalue weighted by Gasteiger charge is 2.32. The molecule has 0 aliphatic carbocycles. The normalized spacial score (nSPS) is 14.4. The number of benzene rings is 1. The lowest BCUT2D eigenvalue weighted by Gasteiger charge is -2.27. The molecule has 3 aromatic rings. The first-order valence-electron chi connectivity index (χ1n) is 11.5. The van der Waals surface area contributed by atoms with Crippen LogP contribution in [-0.2, 0) is 19.1 Å². The van der Waals surface area contributed by atoms with Gasteiger partial charge >= 0.3 is 11.8 Å². The van der Waals surface area contributed by atoms with Crippen molar-refractivity contribution in [3.8, 4) is 5.75 Å². The number of aromatic hydroxyl groups is 1. The van der Waals surface area contributed by atoms with E-state index >= 15 is 0 Å². The Morgan fingerprint density at radius 2 is 1.97 bits per heavy atom. The van der Waals surface area contributed by atoms with Crippen LogP contribution >= 0.6 is 0 Å². The van der Waals surface area contributed by atoms with Gasteiger partial charge < -0.3 is 20.2 Å². The molecule has 0 aliphatic heterocycles. The molecule has 2 amide bonds. The highest BCUT2D eigenvalue weighted by molar-refractivity contribution is 5.94. The van der Waals surface area contributed by atoms with Gasteiger partial charge in [0.25, 0.3) is 11.5 Å². The maximum atomic E-state index is 13.2. The summed E-state index contributed by atoms with van der Waals surface area (Å²) in [5.74, 6) is -5.69. The summed E-state index contributed by atoms with van der Waals surface area (Å²) in [6, 6.07) is 4.18. The van der Waals surface area contributed by atoms with Crippen LogP contribution in [0.4, 0.5) is 4.39 Å². The van der Waals surface area contributed by atoms with Crippen molar-refractivity contribution >= 4 is 11.8 Å². The van der Waals surface area contributed by atoms with Crippen molar-refractivity contribution in [3.05, 3.63) is 69.3 Å². The largest absolute Gasteiger partial charge is 0.501 e. The standard InChI is InChI=1S/C20H21FN6O5/c1-10-25-26-17(32-10)16(30)24-20(2,3)19-23-13(14(28)18(31)27(19)4)15(29)22-9-11-5-7-12(21)8-6-11/h5-8,28H,9H2,1-4H3,(H,22,29)(H,24,30)/i1D3,9D2. The van der Waals surface area contributed by atoms with E-state index in [0.29, 0.717) is 0 Å². The van der Waals surface area contributed by atoms with E-state index in [4.69, 9.17) is 11.3 Å². The van der Waals surface area contributed by atoms with E-state index in [2.05, 4.69) is 20.5 Å². The second-order valence-electron chi connectivity index (χ2n) is 7.07. The van der Waals surface area contributed by atoms with Crippen LogP contribution < -0.4 is 16.2 Å². The van der Waals surface area contributed by atoms with Crippen LogP contribution in [0.5, 0.6) is 5.75 Å². The Bertz CT molecular complexity index is 1420. The van der Waals surface area contributed by atoms with Crippen LogP contribution in [0.1, 0.15) is 59.2 Å². The van der Waals surface area contributed by atoms with Gasteiger partial charge in [-0.25, -0.2) is 9.37 Å². The van der Waals surface area contributed by atoms with E-state index in [-0.39, 0.29) is 11.4 Å². The van der Waals surface area contributed by atoms with E-state index in [1.807, 2.05) is 5.32 Å². The number of aryl methyl sites for hydroxylation is 1. The van der Waals surface area contributed by atoms with Gasteiger partial charge in [0.2, 0.25) is 11.6 Å². The zero-order valence-electron chi connectivity index (χ0n) is 22.1. The Hall–Kier alpha value is -4.09. The van der Waals surface area contributed by atoms with Gasteiger partial charge in [0.1, 0.15) is 11.6 Å². The van der Waals surface area contributed by atoms with E-state index in [1.165, 1.54) is 20.9 Å². The average molecular weight is 449 g/mol. The third-order valence-corrected chi connectivity index (χ3v) is 4.25. The van der Waals surface area contributed by atoms with E-state index in [9.17, 15) is 23.9 Å². The molecule has 0 saturated carbocycles. The summed E-state index contributed by atoms with van der Waals surface area (Å²) in [6.07, 6.45) is 0. The number of hydrogen-bond donors (Lipinski definition) is 3. The Morgan fingerprint density at radius 3 is 2.59 bits per heavy atom. The zero-order valence-corrected chi connectivity index (χ0v) is 17.1. The number of carbonyl (C=O) groups is 2. The maximum Gasteiger partial charge on any atom is 0.309 e. The highest BCUT2D eigenvalue weighted by Crippen LogP contribution is 2.20. The minimum Gasteiger partial charge on any atom is -0.501 e. The maximum absolute atomic E-state index is 13.2. The molecule has 0 aliphatic rings. The van der Waals surface area contributed by atoms with Crippen LogP contribution in [0.15, 0.2) is 33.5 Å². The van der Waals surface area contributed by atoms with Crippen molar-refractivity contribution in [2.24, 2.45) is 7.05 Å². The molecule has 1 aromatic carbocycles. The molecule has 12 heteroatoms. The number of carbonyl (C=O) groups excluding carboxylic acids is 2. The molecule has 2 heterocycles. The number of hydrogen-bond acceptors (Lipinski definition) is 8. The summed E-state index contributed by atoms with van der Waals surface area (Å²) in [6.45, 7) is -2.53. The molecule has 2 aromatic heterocycles. The molecule has 0 radical (unpaired) electrons. The van der Waals surface area contributed by atoms with E-state index in [0.717, 1.165) is 28.8 Å². The van der Waals surface area contributed by atoms with E-state index in [1.54, 1.807) is 0 Å². The van der Waals surface area contributed by atoms with Crippen molar-refractivity contribution in [1.82, 2.24) is 30.4 Å². The van der Waals surface area contributed by atoms with Crippen molar-refractivity contribution in [1.29, 1.82) is 0 Å². The van der Waals surface area contributed by atoms with Crippen molar-refractivity contribution in [3.63, 3.8) is 0 Å². The SMILES string of the molecule is [2H]C([2H])([2H])c1nnc(C(=O)NC(C)(C)c2nc(C(=O)NC([2H])([2H])c3ccc(F)cc3)c(O)c(=O)n2C)o1. The molecule has 0 atom stereocenters. The first-order valence-corrected chi connectivity index (χ1v) is 8.99. The number of halogens is 1. The monoisotopic (exact) mass is 449 g/mol. The van der Waals surface area contributed by atoms with Crippen molar-refractivity contribution in [2.45, 2.75) is 32.7 Å².